The lowest BCUT2D eigenvalue weighted by atomic mass is 10.0. The van der Waals surface area contributed by atoms with Crippen LogP contribution in [0.15, 0.2) is 48.5 Å². The maximum atomic E-state index is 13.4. The highest BCUT2D eigenvalue weighted by molar-refractivity contribution is 7.89. The molecule has 30 heavy (non-hydrogen) atoms. The first kappa shape index (κ1) is 22.3. The molecule has 0 aromatic heterocycles. The maximum absolute atomic E-state index is 13.4. The van der Waals surface area contributed by atoms with E-state index in [9.17, 15) is 13.2 Å². The van der Waals surface area contributed by atoms with Crippen LogP contribution in [-0.4, -0.2) is 62.6 Å². The lowest BCUT2D eigenvalue weighted by Crippen LogP contribution is -2.51. The number of carbonyl (C=O) groups excluding carboxylic acids is 1. The van der Waals surface area contributed by atoms with E-state index in [2.05, 4.69) is 5.32 Å². The number of hydrogen-bond donors (Lipinski definition) is 1. The molecule has 0 aliphatic carbocycles. The molecule has 1 atom stereocenters. The van der Waals surface area contributed by atoms with Gasteiger partial charge in [0.1, 0.15) is 11.8 Å². The zero-order chi connectivity index (χ0) is 21.7. The molecule has 1 unspecified atom stereocenters. The number of rotatable bonds is 7. The number of nitrogens with zero attached hydrogens (tertiary/aromatic N) is 2. The molecule has 1 saturated heterocycles. The minimum atomic E-state index is -3.23. The van der Waals surface area contributed by atoms with Crippen LogP contribution in [0.25, 0.3) is 0 Å². The summed E-state index contributed by atoms with van der Waals surface area (Å²) in [5, 5.41) is 3.01. The van der Waals surface area contributed by atoms with Crippen molar-refractivity contribution in [1.29, 1.82) is 0 Å². The molecule has 1 fully saturated rings. The first-order valence-electron chi connectivity index (χ1n) is 10.1. The SMILES string of the molecule is CCS(=O)(=O)N1CCN(C(C(=O)Nc2cc(C)ccc2OC)c2ccccc2)CC1. The number of ether oxygens (including phenoxy) is 1. The fourth-order valence-corrected chi connectivity index (χ4v) is 4.79. The number of amides is 1. The predicted molar refractivity (Wildman–Crippen MR) is 118 cm³/mol. The first-order valence-corrected chi connectivity index (χ1v) is 11.7. The van der Waals surface area contributed by atoms with Crippen molar-refractivity contribution in [1.82, 2.24) is 9.21 Å². The summed E-state index contributed by atoms with van der Waals surface area (Å²) in [5.41, 5.74) is 2.50. The van der Waals surface area contributed by atoms with Crippen molar-refractivity contribution >= 4 is 21.6 Å². The number of aryl methyl sites for hydroxylation is 1. The van der Waals surface area contributed by atoms with E-state index in [0.717, 1.165) is 11.1 Å². The summed E-state index contributed by atoms with van der Waals surface area (Å²) in [7, 11) is -1.66. The van der Waals surface area contributed by atoms with Crippen LogP contribution in [0, 0.1) is 6.92 Å². The second-order valence-corrected chi connectivity index (χ2v) is 9.60. The summed E-state index contributed by atoms with van der Waals surface area (Å²) in [5.74, 6) is 0.513. The van der Waals surface area contributed by atoms with Gasteiger partial charge in [-0.3, -0.25) is 9.69 Å². The number of benzene rings is 2. The monoisotopic (exact) mass is 431 g/mol. The molecule has 0 spiro atoms. The van der Waals surface area contributed by atoms with Gasteiger partial charge in [0, 0.05) is 26.2 Å². The second-order valence-electron chi connectivity index (χ2n) is 7.34. The van der Waals surface area contributed by atoms with E-state index in [0.29, 0.717) is 37.6 Å². The Labute approximate surface area is 178 Å². The summed E-state index contributed by atoms with van der Waals surface area (Å²) in [6, 6.07) is 14.7. The third-order valence-corrected chi connectivity index (χ3v) is 7.25. The molecule has 1 N–H and O–H groups in total. The van der Waals surface area contributed by atoms with Gasteiger partial charge in [-0.1, -0.05) is 36.4 Å². The van der Waals surface area contributed by atoms with Gasteiger partial charge in [-0.15, -0.1) is 0 Å². The van der Waals surface area contributed by atoms with E-state index in [-0.39, 0.29) is 11.7 Å². The van der Waals surface area contributed by atoms with E-state index in [1.54, 1.807) is 14.0 Å². The van der Waals surface area contributed by atoms with Crippen molar-refractivity contribution in [3.05, 3.63) is 59.7 Å². The lowest BCUT2D eigenvalue weighted by molar-refractivity contribution is -0.122. The number of sulfonamides is 1. The highest BCUT2D eigenvalue weighted by Crippen LogP contribution is 2.29. The largest absolute Gasteiger partial charge is 0.495 e. The number of anilines is 1. The third-order valence-electron chi connectivity index (χ3n) is 5.37. The second kappa shape index (κ2) is 9.59. The smallest absolute Gasteiger partial charge is 0.246 e. The van der Waals surface area contributed by atoms with Gasteiger partial charge in [0.15, 0.2) is 0 Å². The van der Waals surface area contributed by atoms with Crippen LogP contribution in [0.1, 0.15) is 24.1 Å². The summed E-state index contributed by atoms with van der Waals surface area (Å²) in [6.45, 7) is 5.32. The Morgan fingerprint density at radius 2 is 1.77 bits per heavy atom. The third kappa shape index (κ3) is 5.00. The summed E-state index contributed by atoms with van der Waals surface area (Å²) in [4.78, 5) is 15.4. The highest BCUT2D eigenvalue weighted by Gasteiger charge is 2.33. The van der Waals surface area contributed by atoms with Gasteiger partial charge >= 0.3 is 0 Å². The molecule has 1 heterocycles. The van der Waals surface area contributed by atoms with Gasteiger partial charge in [-0.25, -0.2) is 8.42 Å². The van der Waals surface area contributed by atoms with Crippen LogP contribution >= 0.6 is 0 Å². The average molecular weight is 432 g/mol. The molecule has 1 amide bonds. The molecule has 1 aliphatic heterocycles. The van der Waals surface area contributed by atoms with Crippen LogP contribution in [0.2, 0.25) is 0 Å². The predicted octanol–water partition coefficient (Wildman–Crippen LogP) is 2.65. The number of piperazine rings is 1. The van der Waals surface area contributed by atoms with Gasteiger partial charge in [0.05, 0.1) is 18.6 Å². The summed E-state index contributed by atoms with van der Waals surface area (Å²) >= 11 is 0. The van der Waals surface area contributed by atoms with Gasteiger partial charge in [0.2, 0.25) is 15.9 Å². The summed E-state index contributed by atoms with van der Waals surface area (Å²) < 4.78 is 31.3. The van der Waals surface area contributed by atoms with E-state index in [1.165, 1.54) is 4.31 Å². The standard InChI is InChI=1S/C22H29N3O4S/c1-4-30(27,28)25-14-12-24(13-15-25)21(18-8-6-5-7-9-18)22(26)23-19-16-17(2)10-11-20(19)29-3/h5-11,16,21H,4,12-15H2,1-3H3,(H,23,26). The Morgan fingerprint density at radius 1 is 1.10 bits per heavy atom. The van der Waals surface area contributed by atoms with Crippen molar-refractivity contribution < 1.29 is 17.9 Å². The maximum Gasteiger partial charge on any atom is 0.246 e. The van der Waals surface area contributed by atoms with Crippen LogP contribution in [0.3, 0.4) is 0 Å². The molecule has 0 radical (unpaired) electrons. The van der Waals surface area contributed by atoms with Crippen molar-refractivity contribution in [3.8, 4) is 5.75 Å². The van der Waals surface area contributed by atoms with Gasteiger partial charge in [0.25, 0.3) is 0 Å². The molecule has 0 bridgehead atoms. The van der Waals surface area contributed by atoms with E-state index in [4.69, 9.17) is 4.74 Å². The summed E-state index contributed by atoms with van der Waals surface area (Å²) in [6.07, 6.45) is 0. The zero-order valence-corrected chi connectivity index (χ0v) is 18.5. The number of methoxy groups -OCH3 is 1. The van der Waals surface area contributed by atoms with Crippen LogP contribution in [0.5, 0.6) is 5.75 Å². The van der Waals surface area contributed by atoms with Gasteiger partial charge < -0.3 is 10.1 Å². The Balaban J connectivity index is 1.84. The van der Waals surface area contributed by atoms with E-state index < -0.39 is 16.1 Å². The van der Waals surface area contributed by atoms with Crippen molar-refractivity contribution in [3.63, 3.8) is 0 Å². The Kier molecular flexibility index (Phi) is 7.12. The number of nitrogens with one attached hydrogen (secondary N) is 1. The fraction of sp³-hybridized carbons (Fsp3) is 0.409. The molecule has 162 valence electrons. The van der Waals surface area contributed by atoms with Crippen molar-refractivity contribution in [2.45, 2.75) is 19.9 Å². The lowest BCUT2D eigenvalue weighted by Gasteiger charge is -2.38. The molecular weight excluding hydrogens is 402 g/mol. The first-order chi connectivity index (χ1) is 14.4. The van der Waals surface area contributed by atoms with Crippen LogP contribution < -0.4 is 10.1 Å². The van der Waals surface area contributed by atoms with Gasteiger partial charge in [-0.05, 0) is 37.1 Å². The van der Waals surface area contributed by atoms with Crippen molar-refractivity contribution in [2.75, 3.05) is 44.4 Å². The topological polar surface area (TPSA) is 79.0 Å². The average Bonchev–Trinajstić information content (AvgIpc) is 2.75. The molecule has 1 aliphatic rings. The van der Waals surface area contributed by atoms with E-state index >= 15 is 0 Å². The quantitative estimate of drug-likeness (QED) is 0.729. The van der Waals surface area contributed by atoms with Crippen molar-refractivity contribution in [2.24, 2.45) is 0 Å². The Hall–Kier alpha value is -2.42. The minimum absolute atomic E-state index is 0.0861. The Morgan fingerprint density at radius 3 is 2.37 bits per heavy atom. The van der Waals surface area contributed by atoms with Crippen LogP contribution in [0.4, 0.5) is 5.69 Å². The molecule has 3 rings (SSSR count). The molecule has 7 nitrogen and oxygen atoms in total. The molecule has 0 saturated carbocycles. The molecular formula is C22H29N3O4S. The zero-order valence-electron chi connectivity index (χ0n) is 17.7. The Bertz CT molecular complexity index is 971. The van der Waals surface area contributed by atoms with Crippen LogP contribution in [-0.2, 0) is 14.8 Å². The number of hydrogen-bond acceptors (Lipinski definition) is 5. The fourth-order valence-electron chi connectivity index (χ4n) is 3.71. The van der Waals surface area contributed by atoms with E-state index in [1.807, 2.05) is 60.4 Å². The molecule has 8 heteroatoms. The molecule has 2 aromatic rings. The minimum Gasteiger partial charge on any atom is -0.495 e. The highest BCUT2D eigenvalue weighted by atomic mass is 32.2. The van der Waals surface area contributed by atoms with Gasteiger partial charge in [-0.2, -0.15) is 4.31 Å². The molecule has 2 aromatic carbocycles. The normalized spacial score (nSPS) is 16.8. The number of carbonyl (C=O) groups is 1.